The fraction of sp³-hybridized carbons (Fsp3) is 0.316. The number of ether oxygens (including phenoxy) is 1. The Morgan fingerprint density at radius 2 is 1.83 bits per heavy atom. The number of carbonyl (C=O) groups is 1. The Morgan fingerprint density at radius 1 is 1.12 bits per heavy atom. The molecule has 0 atom stereocenters. The van der Waals surface area contributed by atoms with Crippen LogP contribution in [0.1, 0.15) is 11.1 Å². The topological polar surface area (TPSA) is 41.6 Å². The van der Waals surface area contributed by atoms with E-state index in [4.69, 9.17) is 4.74 Å². The van der Waals surface area contributed by atoms with E-state index >= 15 is 0 Å². The van der Waals surface area contributed by atoms with Gasteiger partial charge in [0.25, 0.3) is 0 Å². The monoisotopic (exact) mass is 330 g/mol. The Hall–Kier alpha value is -2.40. The molecule has 0 heterocycles. The predicted octanol–water partition coefficient (Wildman–Crippen LogP) is 3.23. The minimum absolute atomic E-state index is 0.174. The van der Waals surface area contributed by atoms with E-state index in [1.165, 1.54) is 6.07 Å². The quantitative estimate of drug-likeness (QED) is 0.807. The normalized spacial score (nSPS) is 10.4. The zero-order chi connectivity index (χ0) is 17.2. The van der Waals surface area contributed by atoms with Gasteiger partial charge in [0.05, 0.1) is 6.61 Å². The number of rotatable bonds is 8. The van der Waals surface area contributed by atoms with Gasteiger partial charge in [-0.25, -0.2) is 9.18 Å². The molecular formula is C19H23FN2O2. The Bertz CT molecular complexity index is 634. The van der Waals surface area contributed by atoms with Crippen molar-refractivity contribution < 1.29 is 13.9 Å². The fourth-order valence-electron chi connectivity index (χ4n) is 2.37. The van der Waals surface area contributed by atoms with Gasteiger partial charge in [-0.3, -0.25) is 0 Å². The highest BCUT2D eigenvalue weighted by atomic mass is 19.1. The molecule has 0 fully saturated rings. The fourth-order valence-corrected chi connectivity index (χ4v) is 2.37. The summed E-state index contributed by atoms with van der Waals surface area (Å²) in [6.07, 6.45) is 0.460. The zero-order valence-electron chi connectivity index (χ0n) is 13.9. The van der Waals surface area contributed by atoms with Gasteiger partial charge in [-0.05, 0) is 23.6 Å². The molecule has 128 valence electrons. The van der Waals surface area contributed by atoms with Crippen LogP contribution in [-0.4, -0.2) is 37.7 Å². The van der Waals surface area contributed by atoms with Crippen LogP contribution >= 0.6 is 0 Å². The Morgan fingerprint density at radius 3 is 2.54 bits per heavy atom. The molecule has 0 saturated carbocycles. The molecule has 1 N–H and O–H groups in total. The van der Waals surface area contributed by atoms with Gasteiger partial charge in [-0.2, -0.15) is 0 Å². The van der Waals surface area contributed by atoms with Crippen molar-refractivity contribution in [1.29, 1.82) is 0 Å². The number of nitrogens with zero attached hydrogens (tertiary/aromatic N) is 1. The van der Waals surface area contributed by atoms with Crippen molar-refractivity contribution in [1.82, 2.24) is 10.2 Å². The van der Waals surface area contributed by atoms with Crippen molar-refractivity contribution in [3.05, 3.63) is 71.5 Å². The predicted molar refractivity (Wildman–Crippen MR) is 92.2 cm³/mol. The summed E-state index contributed by atoms with van der Waals surface area (Å²) in [6, 6.07) is 16.2. The molecule has 0 spiro atoms. The summed E-state index contributed by atoms with van der Waals surface area (Å²) in [4.78, 5) is 14.1. The molecule has 2 aromatic rings. The number of benzene rings is 2. The Kier molecular flexibility index (Phi) is 7.23. The standard InChI is InChI=1S/C19H23FN2O2/c1-24-14-13-22(15-16-7-3-2-4-8-16)19(23)21-12-11-17-9-5-6-10-18(17)20/h2-10H,11-15H2,1H3,(H,21,23). The van der Waals surface area contributed by atoms with E-state index in [1.807, 2.05) is 30.3 Å². The first-order chi connectivity index (χ1) is 11.7. The summed E-state index contributed by atoms with van der Waals surface area (Å²) in [6.45, 7) is 1.86. The molecular weight excluding hydrogens is 307 g/mol. The van der Waals surface area contributed by atoms with Crippen LogP contribution in [0.4, 0.5) is 9.18 Å². The third-order valence-corrected chi connectivity index (χ3v) is 3.70. The molecule has 0 aromatic heterocycles. The minimum atomic E-state index is -0.243. The number of halogens is 1. The molecule has 0 radical (unpaired) electrons. The number of methoxy groups -OCH3 is 1. The second-order valence-corrected chi connectivity index (χ2v) is 5.47. The first-order valence-corrected chi connectivity index (χ1v) is 7.99. The van der Waals surface area contributed by atoms with E-state index in [2.05, 4.69) is 5.32 Å². The van der Waals surface area contributed by atoms with Crippen LogP contribution in [0.2, 0.25) is 0 Å². The van der Waals surface area contributed by atoms with Crippen molar-refractivity contribution in [2.24, 2.45) is 0 Å². The third-order valence-electron chi connectivity index (χ3n) is 3.70. The van der Waals surface area contributed by atoms with E-state index in [9.17, 15) is 9.18 Å². The van der Waals surface area contributed by atoms with Crippen LogP contribution in [0.5, 0.6) is 0 Å². The summed E-state index contributed by atoms with van der Waals surface area (Å²) in [7, 11) is 1.61. The molecule has 0 aliphatic rings. The molecule has 2 aromatic carbocycles. The summed E-state index contributed by atoms with van der Waals surface area (Å²) >= 11 is 0. The summed E-state index contributed by atoms with van der Waals surface area (Å²) in [5.74, 6) is -0.243. The van der Waals surface area contributed by atoms with Crippen LogP contribution in [0, 0.1) is 5.82 Å². The van der Waals surface area contributed by atoms with E-state index in [1.54, 1.807) is 30.2 Å². The van der Waals surface area contributed by atoms with Gasteiger partial charge in [0.2, 0.25) is 0 Å². The lowest BCUT2D eigenvalue weighted by molar-refractivity contribution is 0.146. The Labute approximate surface area is 142 Å². The number of urea groups is 1. The first-order valence-electron chi connectivity index (χ1n) is 7.99. The Balaban J connectivity index is 1.88. The molecule has 0 aliphatic carbocycles. The SMILES string of the molecule is COCCN(Cc1ccccc1)C(=O)NCCc1ccccc1F. The third kappa shape index (κ3) is 5.66. The van der Waals surface area contributed by atoms with Crippen LogP contribution in [0.25, 0.3) is 0 Å². The van der Waals surface area contributed by atoms with Crippen LogP contribution in [-0.2, 0) is 17.7 Å². The van der Waals surface area contributed by atoms with Gasteiger partial charge >= 0.3 is 6.03 Å². The first kappa shape index (κ1) is 17.9. The summed E-state index contributed by atoms with van der Waals surface area (Å²) < 4.78 is 18.7. The molecule has 0 aliphatic heterocycles. The molecule has 24 heavy (non-hydrogen) atoms. The van der Waals surface area contributed by atoms with Crippen LogP contribution in [0.15, 0.2) is 54.6 Å². The maximum absolute atomic E-state index is 13.6. The van der Waals surface area contributed by atoms with E-state index in [0.29, 0.717) is 38.2 Å². The van der Waals surface area contributed by atoms with E-state index in [0.717, 1.165) is 5.56 Å². The molecule has 0 unspecified atom stereocenters. The molecule has 2 rings (SSSR count). The van der Waals surface area contributed by atoms with Crippen molar-refractivity contribution in [3.8, 4) is 0 Å². The highest BCUT2D eigenvalue weighted by Gasteiger charge is 2.13. The van der Waals surface area contributed by atoms with Gasteiger partial charge in [-0.1, -0.05) is 48.5 Å². The average molecular weight is 330 g/mol. The largest absolute Gasteiger partial charge is 0.383 e. The smallest absolute Gasteiger partial charge is 0.317 e. The van der Waals surface area contributed by atoms with E-state index in [-0.39, 0.29) is 11.8 Å². The van der Waals surface area contributed by atoms with Gasteiger partial charge in [0.15, 0.2) is 0 Å². The van der Waals surface area contributed by atoms with Gasteiger partial charge in [0, 0.05) is 26.7 Å². The summed E-state index contributed by atoms with van der Waals surface area (Å²) in [5, 5.41) is 2.85. The maximum atomic E-state index is 13.6. The van der Waals surface area contributed by atoms with Gasteiger partial charge < -0.3 is 15.0 Å². The molecule has 5 heteroatoms. The lowest BCUT2D eigenvalue weighted by Crippen LogP contribution is -2.42. The lowest BCUT2D eigenvalue weighted by atomic mass is 10.1. The molecule has 2 amide bonds. The summed E-state index contributed by atoms with van der Waals surface area (Å²) in [5.41, 5.74) is 1.65. The lowest BCUT2D eigenvalue weighted by Gasteiger charge is -2.23. The van der Waals surface area contributed by atoms with Gasteiger partial charge in [-0.15, -0.1) is 0 Å². The molecule has 0 saturated heterocycles. The molecule has 4 nitrogen and oxygen atoms in total. The number of nitrogens with one attached hydrogen (secondary N) is 1. The maximum Gasteiger partial charge on any atom is 0.317 e. The molecule has 0 bridgehead atoms. The van der Waals surface area contributed by atoms with Crippen molar-refractivity contribution >= 4 is 6.03 Å². The number of hydrogen-bond acceptors (Lipinski definition) is 2. The highest BCUT2D eigenvalue weighted by Crippen LogP contribution is 2.07. The van der Waals surface area contributed by atoms with Crippen molar-refractivity contribution in [2.45, 2.75) is 13.0 Å². The second kappa shape index (κ2) is 9.67. The minimum Gasteiger partial charge on any atom is -0.383 e. The number of amides is 2. The van der Waals surface area contributed by atoms with Gasteiger partial charge in [0.1, 0.15) is 5.82 Å². The number of hydrogen-bond donors (Lipinski definition) is 1. The van der Waals surface area contributed by atoms with E-state index < -0.39 is 0 Å². The second-order valence-electron chi connectivity index (χ2n) is 5.47. The number of carbonyl (C=O) groups excluding carboxylic acids is 1. The van der Waals surface area contributed by atoms with Crippen LogP contribution in [0.3, 0.4) is 0 Å². The van der Waals surface area contributed by atoms with Crippen molar-refractivity contribution in [2.75, 3.05) is 26.8 Å². The van der Waals surface area contributed by atoms with Crippen LogP contribution < -0.4 is 5.32 Å². The highest BCUT2D eigenvalue weighted by molar-refractivity contribution is 5.74. The van der Waals surface area contributed by atoms with Crippen molar-refractivity contribution in [3.63, 3.8) is 0 Å². The zero-order valence-corrected chi connectivity index (χ0v) is 13.9. The average Bonchev–Trinajstić information content (AvgIpc) is 2.61.